The van der Waals surface area contributed by atoms with Gasteiger partial charge in [-0.1, -0.05) is 26.8 Å². The van der Waals surface area contributed by atoms with Gasteiger partial charge in [0.25, 0.3) is 0 Å². The lowest BCUT2D eigenvalue weighted by atomic mass is 10.2. The van der Waals surface area contributed by atoms with Gasteiger partial charge in [0.15, 0.2) is 8.32 Å². The molecule has 0 radical (unpaired) electrons. The summed E-state index contributed by atoms with van der Waals surface area (Å²) in [6, 6.07) is 0.613. The zero-order chi connectivity index (χ0) is 13.1. The quantitative estimate of drug-likeness (QED) is 0.549. The number of likely N-dealkylation sites (tertiary alicyclic amines) is 1. The first kappa shape index (κ1) is 14.9. The van der Waals surface area contributed by atoms with Crippen LogP contribution >= 0.6 is 0 Å². The SMILES string of the molecule is C=CCN1CCCC1CO[Si](C)(C)C(C)(C)C. The van der Waals surface area contributed by atoms with Crippen LogP contribution in [0.3, 0.4) is 0 Å². The van der Waals surface area contributed by atoms with Crippen LogP contribution in [0.5, 0.6) is 0 Å². The van der Waals surface area contributed by atoms with Crippen LogP contribution in [-0.2, 0) is 4.43 Å². The standard InChI is InChI=1S/C14H29NOSi/c1-7-10-15-11-8-9-13(15)12-16-17(5,6)14(2,3)4/h7,13H,1,8-12H2,2-6H3. The first-order valence-electron chi connectivity index (χ1n) is 6.77. The van der Waals surface area contributed by atoms with Crippen molar-refractivity contribution < 1.29 is 4.43 Å². The fourth-order valence-electron chi connectivity index (χ4n) is 2.01. The predicted molar refractivity (Wildman–Crippen MR) is 77.9 cm³/mol. The summed E-state index contributed by atoms with van der Waals surface area (Å²) in [7, 11) is -1.58. The molecule has 1 heterocycles. The smallest absolute Gasteiger partial charge is 0.192 e. The summed E-state index contributed by atoms with van der Waals surface area (Å²) in [5.41, 5.74) is 0. The van der Waals surface area contributed by atoms with E-state index in [1.54, 1.807) is 0 Å². The van der Waals surface area contributed by atoms with E-state index in [4.69, 9.17) is 4.43 Å². The Labute approximate surface area is 108 Å². The van der Waals surface area contributed by atoms with Gasteiger partial charge in [-0.05, 0) is 37.5 Å². The molecule has 2 nitrogen and oxygen atoms in total. The molecule has 0 aromatic carbocycles. The number of hydrogen-bond donors (Lipinski definition) is 0. The molecular weight excluding hydrogens is 226 g/mol. The fraction of sp³-hybridized carbons (Fsp3) is 0.857. The fourth-order valence-corrected chi connectivity index (χ4v) is 3.05. The summed E-state index contributed by atoms with van der Waals surface area (Å²) in [6.45, 7) is 18.5. The Morgan fingerprint density at radius 1 is 1.41 bits per heavy atom. The van der Waals surface area contributed by atoms with E-state index >= 15 is 0 Å². The molecule has 0 saturated carbocycles. The summed E-state index contributed by atoms with van der Waals surface area (Å²) < 4.78 is 6.32. The number of rotatable bonds is 5. The Balaban J connectivity index is 2.47. The van der Waals surface area contributed by atoms with Gasteiger partial charge in [0.2, 0.25) is 0 Å². The Hall–Kier alpha value is -0.123. The van der Waals surface area contributed by atoms with Crippen molar-refractivity contribution >= 4 is 8.32 Å². The second kappa shape index (κ2) is 5.68. The molecule has 17 heavy (non-hydrogen) atoms. The molecule has 1 saturated heterocycles. The number of nitrogens with zero attached hydrogens (tertiary/aromatic N) is 1. The van der Waals surface area contributed by atoms with Crippen LogP contribution in [0, 0.1) is 0 Å². The summed E-state index contributed by atoms with van der Waals surface area (Å²) in [6.07, 6.45) is 4.59. The van der Waals surface area contributed by atoms with Crippen molar-refractivity contribution in [2.75, 3.05) is 19.7 Å². The third-order valence-electron chi connectivity index (χ3n) is 4.31. The molecular formula is C14H29NOSi. The third-order valence-corrected chi connectivity index (χ3v) is 8.81. The lowest BCUT2D eigenvalue weighted by Crippen LogP contribution is -2.44. The monoisotopic (exact) mass is 255 g/mol. The second-order valence-electron chi connectivity index (χ2n) is 6.65. The van der Waals surface area contributed by atoms with Crippen LogP contribution in [0.15, 0.2) is 12.7 Å². The van der Waals surface area contributed by atoms with Gasteiger partial charge in [0.1, 0.15) is 0 Å². The van der Waals surface area contributed by atoms with E-state index in [9.17, 15) is 0 Å². The Bertz CT molecular complexity index is 257. The van der Waals surface area contributed by atoms with E-state index in [1.165, 1.54) is 19.4 Å². The first-order chi connectivity index (χ1) is 7.78. The highest BCUT2D eigenvalue weighted by atomic mass is 28.4. The molecule has 100 valence electrons. The molecule has 3 heteroatoms. The van der Waals surface area contributed by atoms with Crippen molar-refractivity contribution in [3.8, 4) is 0 Å². The minimum atomic E-state index is -1.58. The topological polar surface area (TPSA) is 12.5 Å². The van der Waals surface area contributed by atoms with Crippen molar-refractivity contribution in [2.45, 2.75) is 57.8 Å². The zero-order valence-corrected chi connectivity index (χ0v) is 13.3. The maximum atomic E-state index is 6.32. The Kier molecular flexibility index (Phi) is 4.99. The van der Waals surface area contributed by atoms with E-state index < -0.39 is 8.32 Å². The molecule has 1 atom stereocenters. The molecule has 0 aliphatic carbocycles. The Morgan fingerprint density at radius 3 is 2.59 bits per heavy atom. The average molecular weight is 255 g/mol. The Morgan fingerprint density at radius 2 is 2.06 bits per heavy atom. The zero-order valence-electron chi connectivity index (χ0n) is 12.3. The van der Waals surface area contributed by atoms with Gasteiger partial charge in [0.05, 0.1) is 0 Å². The molecule has 1 rings (SSSR count). The third kappa shape index (κ3) is 3.93. The van der Waals surface area contributed by atoms with Crippen LogP contribution in [0.4, 0.5) is 0 Å². The maximum Gasteiger partial charge on any atom is 0.192 e. The predicted octanol–water partition coefficient (Wildman–Crippen LogP) is 3.66. The normalized spacial score (nSPS) is 23.0. The molecule has 1 unspecified atom stereocenters. The van der Waals surface area contributed by atoms with Crippen LogP contribution in [0.25, 0.3) is 0 Å². The van der Waals surface area contributed by atoms with Crippen molar-refractivity contribution in [3.63, 3.8) is 0 Å². The van der Waals surface area contributed by atoms with Gasteiger partial charge < -0.3 is 4.43 Å². The summed E-state index contributed by atoms with van der Waals surface area (Å²) in [4.78, 5) is 2.50. The minimum absolute atomic E-state index is 0.314. The molecule has 1 fully saturated rings. The molecule has 1 aliphatic rings. The second-order valence-corrected chi connectivity index (χ2v) is 11.5. The van der Waals surface area contributed by atoms with Crippen LogP contribution in [0.2, 0.25) is 18.1 Å². The lowest BCUT2D eigenvalue weighted by molar-refractivity contribution is 0.173. The number of hydrogen-bond acceptors (Lipinski definition) is 2. The lowest BCUT2D eigenvalue weighted by Gasteiger charge is -2.38. The van der Waals surface area contributed by atoms with E-state index in [1.807, 2.05) is 6.08 Å². The summed E-state index contributed by atoms with van der Waals surface area (Å²) in [5.74, 6) is 0. The van der Waals surface area contributed by atoms with E-state index in [-0.39, 0.29) is 0 Å². The molecule has 0 spiro atoms. The van der Waals surface area contributed by atoms with E-state index in [0.29, 0.717) is 11.1 Å². The van der Waals surface area contributed by atoms with E-state index in [0.717, 1.165) is 13.2 Å². The molecule has 0 bridgehead atoms. The highest BCUT2D eigenvalue weighted by Gasteiger charge is 2.38. The highest BCUT2D eigenvalue weighted by molar-refractivity contribution is 6.74. The van der Waals surface area contributed by atoms with Crippen LogP contribution < -0.4 is 0 Å². The molecule has 0 aromatic rings. The molecule has 0 amide bonds. The van der Waals surface area contributed by atoms with Crippen molar-refractivity contribution in [2.24, 2.45) is 0 Å². The summed E-state index contributed by atoms with van der Waals surface area (Å²) >= 11 is 0. The maximum absolute atomic E-state index is 6.32. The largest absolute Gasteiger partial charge is 0.415 e. The average Bonchev–Trinajstić information content (AvgIpc) is 2.61. The molecule has 1 aliphatic heterocycles. The van der Waals surface area contributed by atoms with E-state index in [2.05, 4.69) is 45.3 Å². The van der Waals surface area contributed by atoms with Crippen molar-refractivity contribution in [1.29, 1.82) is 0 Å². The van der Waals surface area contributed by atoms with Gasteiger partial charge in [-0.2, -0.15) is 0 Å². The van der Waals surface area contributed by atoms with Crippen LogP contribution in [0.1, 0.15) is 33.6 Å². The first-order valence-corrected chi connectivity index (χ1v) is 9.67. The van der Waals surface area contributed by atoms with Gasteiger partial charge in [-0.25, -0.2) is 0 Å². The van der Waals surface area contributed by atoms with Gasteiger partial charge in [-0.15, -0.1) is 6.58 Å². The molecule has 0 aromatic heterocycles. The van der Waals surface area contributed by atoms with Gasteiger partial charge in [-0.3, -0.25) is 4.90 Å². The van der Waals surface area contributed by atoms with Crippen LogP contribution in [-0.4, -0.2) is 39.0 Å². The van der Waals surface area contributed by atoms with Crippen molar-refractivity contribution in [1.82, 2.24) is 4.90 Å². The summed E-state index contributed by atoms with van der Waals surface area (Å²) in [5, 5.41) is 0.314. The minimum Gasteiger partial charge on any atom is -0.415 e. The highest BCUT2D eigenvalue weighted by Crippen LogP contribution is 2.37. The van der Waals surface area contributed by atoms with Gasteiger partial charge in [0, 0.05) is 19.2 Å². The van der Waals surface area contributed by atoms with Crippen molar-refractivity contribution in [3.05, 3.63) is 12.7 Å². The van der Waals surface area contributed by atoms with Gasteiger partial charge >= 0.3 is 0 Å². The molecule has 0 N–H and O–H groups in total.